The van der Waals surface area contributed by atoms with Crippen LogP contribution in [0, 0.1) is 11.3 Å². The van der Waals surface area contributed by atoms with Crippen molar-refractivity contribution in [2.24, 2.45) is 5.92 Å². The van der Waals surface area contributed by atoms with E-state index in [0.29, 0.717) is 28.9 Å². The number of nitrogen functional groups attached to an aromatic ring is 1. The summed E-state index contributed by atoms with van der Waals surface area (Å²) in [6.45, 7) is 3.81. The van der Waals surface area contributed by atoms with Gasteiger partial charge in [0.15, 0.2) is 0 Å². The zero-order valence-electron chi connectivity index (χ0n) is 12.3. The van der Waals surface area contributed by atoms with Gasteiger partial charge >= 0.3 is 0 Å². The SMILES string of the molecule is C/C=C\C(C)C(=N)c1cc(NC(=O)CCC=O)ccc1N. The molecule has 1 rings (SSSR count). The largest absolute Gasteiger partial charge is 0.398 e. The van der Waals surface area contributed by atoms with Crippen molar-refractivity contribution in [3.8, 4) is 0 Å². The molecule has 1 amide bonds. The lowest BCUT2D eigenvalue weighted by Gasteiger charge is -2.13. The number of carbonyl (C=O) groups is 2. The van der Waals surface area contributed by atoms with Gasteiger partial charge in [0, 0.05) is 41.4 Å². The zero-order chi connectivity index (χ0) is 15.8. The normalized spacial score (nSPS) is 12.1. The van der Waals surface area contributed by atoms with Crippen LogP contribution in [0.4, 0.5) is 11.4 Å². The predicted octanol–water partition coefficient (Wildman–Crippen LogP) is 2.77. The van der Waals surface area contributed by atoms with E-state index in [1.54, 1.807) is 18.2 Å². The third-order valence-corrected chi connectivity index (χ3v) is 3.05. The molecule has 0 saturated heterocycles. The maximum absolute atomic E-state index is 11.6. The fourth-order valence-corrected chi connectivity index (χ4v) is 1.91. The van der Waals surface area contributed by atoms with Crippen molar-refractivity contribution in [2.75, 3.05) is 11.1 Å². The zero-order valence-corrected chi connectivity index (χ0v) is 12.3. The van der Waals surface area contributed by atoms with Crippen LogP contribution in [0.15, 0.2) is 30.4 Å². The van der Waals surface area contributed by atoms with E-state index in [0.717, 1.165) is 0 Å². The van der Waals surface area contributed by atoms with Gasteiger partial charge < -0.3 is 21.3 Å². The standard InChI is InChI=1S/C16H21N3O2/c1-3-5-11(2)16(18)13-10-12(7-8-14(13)17)19-15(21)6-4-9-20/h3,5,7-11,18H,4,6,17H2,1-2H3,(H,19,21)/b5-3-,18-16?. The minimum Gasteiger partial charge on any atom is -0.398 e. The molecule has 0 spiro atoms. The smallest absolute Gasteiger partial charge is 0.224 e. The topological polar surface area (TPSA) is 96.0 Å². The van der Waals surface area contributed by atoms with Crippen LogP contribution in [0.5, 0.6) is 0 Å². The highest BCUT2D eigenvalue weighted by molar-refractivity contribution is 6.06. The molecule has 0 aliphatic heterocycles. The minimum absolute atomic E-state index is 0.0571. The molecule has 0 bridgehead atoms. The molecular weight excluding hydrogens is 266 g/mol. The van der Waals surface area contributed by atoms with Gasteiger partial charge in [0.2, 0.25) is 5.91 Å². The monoisotopic (exact) mass is 287 g/mol. The molecule has 21 heavy (non-hydrogen) atoms. The van der Waals surface area contributed by atoms with E-state index in [1.807, 2.05) is 26.0 Å². The number of carbonyl (C=O) groups excluding carboxylic acids is 2. The second-order valence-corrected chi connectivity index (χ2v) is 4.78. The van der Waals surface area contributed by atoms with Gasteiger partial charge in [0.1, 0.15) is 6.29 Å². The lowest BCUT2D eigenvalue weighted by Crippen LogP contribution is -2.14. The Kier molecular flexibility index (Phi) is 6.33. The Labute approximate surface area is 124 Å². The van der Waals surface area contributed by atoms with E-state index in [9.17, 15) is 9.59 Å². The van der Waals surface area contributed by atoms with Gasteiger partial charge in [0.25, 0.3) is 0 Å². The molecule has 112 valence electrons. The molecule has 1 aromatic rings. The number of benzene rings is 1. The highest BCUT2D eigenvalue weighted by Crippen LogP contribution is 2.22. The van der Waals surface area contributed by atoms with Crippen molar-refractivity contribution in [1.29, 1.82) is 5.41 Å². The Morgan fingerprint density at radius 3 is 2.81 bits per heavy atom. The number of hydrogen-bond acceptors (Lipinski definition) is 4. The van der Waals surface area contributed by atoms with Crippen molar-refractivity contribution in [3.05, 3.63) is 35.9 Å². The fourth-order valence-electron chi connectivity index (χ4n) is 1.91. The summed E-state index contributed by atoms with van der Waals surface area (Å²) in [4.78, 5) is 21.9. The maximum Gasteiger partial charge on any atom is 0.224 e. The molecule has 1 atom stereocenters. The van der Waals surface area contributed by atoms with Gasteiger partial charge in [-0.05, 0) is 25.1 Å². The maximum atomic E-state index is 11.6. The van der Waals surface area contributed by atoms with Crippen LogP contribution in [0.1, 0.15) is 32.3 Å². The predicted molar refractivity (Wildman–Crippen MR) is 85.6 cm³/mol. The second-order valence-electron chi connectivity index (χ2n) is 4.78. The number of nitrogens with one attached hydrogen (secondary N) is 2. The summed E-state index contributed by atoms with van der Waals surface area (Å²) in [5.41, 5.74) is 7.99. The van der Waals surface area contributed by atoms with Crippen LogP contribution in [-0.4, -0.2) is 17.9 Å². The molecular formula is C16H21N3O2. The molecule has 4 N–H and O–H groups in total. The van der Waals surface area contributed by atoms with Crippen molar-refractivity contribution < 1.29 is 9.59 Å². The average Bonchev–Trinajstić information content (AvgIpc) is 2.46. The first kappa shape index (κ1) is 16.6. The highest BCUT2D eigenvalue weighted by atomic mass is 16.1. The second kappa shape index (κ2) is 7.99. The lowest BCUT2D eigenvalue weighted by atomic mass is 9.96. The van der Waals surface area contributed by atoms with Crippen molar-refractivity contribution in [3.63, 3.8) is 0 Å². The number of allylic oxidation sites excluding steroid dienone is 2. The molecule has 0 saturated carbocycles. The summed E-state index contributed by atoms with van der Waals surface area (Å²) in [6.07, 6.45) is 4.86. The van der Waals surface area contributed by atoms with E-state index < -0.39 is 0 Å². The first-order chi connectivity index (χ1) is 9.99. The van der Waals surface area contributed by atoms with Gasteiger partial charge in [-0.1, -0.05) is 19.1 Å². The number of hydrogen-bond donors (Lipinski definition) is 3. The number of amides is 1. The van der Waals surface area contributed by atoms with Crippen LogP contribution >= 0.6 is 0 Å². The Balaban J connectivity index is 2.91. The lowest BCUT2D eigenvalue weighted by molar-refractivity contribution is -0.118. The average molecular weight is 287 g/mol. The molecule has 1 unspecified atom stereocenters. The summed E-state index contributed by atoms with van der Waals surface area (Å²) in [5, 5.41) is 10.9. The van der Waals surface area contributed by atoms with Crippen LogP contribution in [-0.2, 0) is 9.59 Å². The Bertz CT molecular complexity index is 565. The summed E-state index contributed by atoms with van der Waals surface area (Å²) < 4.78 is 0. The van der Waals surface area contributed by atoms with Gasteiger partial charge in [-0.3, -0.25) is 4.79 Å². The van der Waals surface area contributed by atoms with Crippen molar-refractivity contribution in [1.82, 2.24) is 0 Å². The molecule has 0 aliphatic rings. The quantitative estimate of drug-likeness (QED) is 0.311. The number of anilines is 2. The highest BCUT2D eigenvalue weighted by Gasteiger charge is 2.13. The van der Waals surface area contributed by atoms with Gasteiger partial charge in [-0.2, -0.15) is 0 Å². The van der Waals surface area contributed by atoms with Crippen LogP contribution in [0.25, 0.3) is 0 Å². The molecule has 0 fully saturated rings. The third-order valence-electron chi connectivity index (χ3n) is 3.05. The van der Waals surface area contributed by atoms with Crippen molar-refractivity contribution >= 4 is 29.3 Å². The number of rotatable bonds is 7. The first-order valence-corrected chi connectivity index (χ1v) is 6.84. The summed E-state index contributed by atoms with van der Waals surface area (Å²) in [7, 11) is 0. The Morgan fingerprint density at radius 1 is 1.48 bits per heavy atom. The van der Waals surface area contributed by atoms with Gasteiger partial charge in [-0.25, -0.2) is 0 Å². The number of nitrogens with two attached hydrogens (primary N) is 1. The molecule has 0 heterocycles. The molecule has 0 aromatic heterocycles. The van der Waals surface area contributed by atoms with Crippen LogP contribution < -0.4 is 11.1 Å². The molecule has 0 radical (unpaired) electrons. The van der Waals surface area contributed by atoms with Gasteiger partial charge in [0.05, 0.1) is 0 Å². The summed E-state index contributed by atoms with van der Waals surface area (Å²) in [6, 6.07) is 5.04. The minimum atomic E-state index is -0.231. The Morgan fingerprint density at radius 2 is 2.19 bits per heavy atom. The summed E-state index contributed by atoms with van der Waals surface area (Å²) >= 11 is 0. The molecule has 1 aromatic carbocycles. The van der Waals surface area contributed by atoms with Gasteiger partial charge in [-0.15, -0.1) is 0 Å². The van der Waals surface area contributed by atoms with E-state index in [1.165, 1.54) is 0 Å². The van der Waals surface area contributed by atoms with E-state index in [2.05, 4.69) is 5.32 Å². The van der Waals surface area contributed by atoms with E-state index in [4.69, 9.17) is 11.1 Å². The Hall–Kier alpha value is -2.43. The van der Waals surface area contributed by atoms with Crippen molar-refractivity contribution in [2.45, 2.75) is 26.7 Å². The first-order valence-electron chi connectivity index (χ1n) is 6.84. The van der Waals surface area contributed by atoms with Crippen LogP contribution in [0.3, 0.4) is 0 Å². The van der Waals surface area contributed by atoms with Crippen LogP contribution in [0.2, 0.25) is 0 Å². The third kappa shape index (κ3) is 4.87. The molecule has 5 nitrogen and oxygen atoms in total. The number of aldehydes is 1. The van der Waals surface area contributed by atoms with E-state index in [-0.39, 0.29) is 24.7 Å². The van der Waals surface area contributed by atoms with E-state index >= 15 is 0 Å². The molecule has 0 aliphatic carbocycles. The fraction of sp³-hybridized carbons (Fsp3) is 0.312. The molecule has 5 heteroatoms. The summed E-state index contributed by atoms with van der Waals surface area (Å²) in [5.74, 6) is -0.288.